The number of imidazole rings is 1. The molecule has 3 rings (SSSR count). The van der Waals surface area contributed by atoms with E-state index in [-0.39, 0.29) is 18.1 Å². The molecule has 0 radical (unpaired) electrons. The molecule has 6 heteroatoms. The predicted octanol–water partition coefficient (Wildman–Crippen LogP) is 2.12. The summed E-state index contributed by atoms with van der Waals surface area (Å²) in [5.74, 6) is 0.919. The Morgan fingerprint density at radius 3 is 3.09 bits per heavy atom. The van der Waals surface area contributed by atoms with Gasteiger partial charge in [-0.05, 0) is 38.5 Å². The van der Waals surface area contributed by atoms with Gasteiger partial charge in [0.15, 0.2) is 0 Å². The summed E-state index contributed by atoms with van der Waals surface area (Å²) in [6, 6.07) is 6.27. The lowest BCUT2D eigenvalue weighted by atomic mass is 10.2. The van der Waals surface area contributed by atoms with Crippen LogP contribution in [0.5, 0.6) is 0 Å². The summed E-state index contributed by atoms with van der Waals surface area (Å²) in [5.41, 5.74) is 3.28. The molecule has 0 saturated carbocycles. The molecule has 1 aromatic carbocycles. The first-order valence-electron chi connectivity index (χ1n) is 7.64. The van der Waals surface area contributed by atoms with Gasteiger partial charge in [0.2, 0.25) is 0 Å². The molecule has 2 N–H and O–H groups in total. The molecule has 1 aliphatic rings. The standard InChI is InChI=1S/C16H22N4O2/c1-10(2)18-16(21)17-7-12-8-22-9-15-19-13-5-4-11(3)6-14(13)20(12)15/h4-6,10,12H,7-9H2,1-3H3,(H2,17,18,21)/t12-/m0/s1. The van der Waals surface area contributed by atoms with Crippen molar-refractivity contribution >= 4 is 17.1 Å². The third-order valence-corrected chi connectivity index (χ3v) is 3.74. The van der Waals surface area contributed by atoms with Gasteiger partial charge in [0, 0.05) is 12.6 Å². The third-order valence-electron chi connectivity index (χ3n) is 3.74. The van der Waals surface area contributed by atoms with Crippen LogP contribution in [0, 0.1) is 6.92 Å². The minimum Gasteiger partial charge on any atom is -0.371 e. The Bertz CT molecular complexity index is 693. The summed E-state index contributed by atoms with van der Waals surface area (Å²) in [6.45, 7) is 7.56. The number of hydrogen-bond acceptors (Lipinski definition) is 3. The number of fused-ring (bicyclic) bond motifs is 3. The SMILES string of the molecule is Cc1ccc2nc3n(c2c1)[C@@H](CNC(=O)NC(C)C)COC3. The van der Waals surface area contributed by atoms with Gasteiger partial charge in [-0.2, -0.15) is 0 Å². The third kappa shape index (κ3) is 2.92. The summed E-state index contributed by atoms with van der Waals surface area (Å²) in [4.78, 5) is 16.4. The van der Waals surface area contributed by atoms with Gasteiger partial charge in [-0.3, -0.25) is 0 Å². The van der Waals surface area contributed by atoms with E-state index in [1.165, 1.54) is 5.56 Å². The number of amides is 2. The molecule has 0 bridgehead atoms. The van der Waals surface area contributed by atoms with Crippen LogP contribution in [-0.2, 0) is 11.3 Å². The van der Waals surface area contributed by atoms with Crippen LogP contribution in [0.1, 0.15) is 31.3 Å². The van der Waals surface area contributed by atoms with Crippen molar-refractivity contribution in [2.24, 2.45) is 0 Å². The lowest BCUT2D eigenvalue weighted by molar-refractivity contribution is 0.0572. The van der Waals surface area contributed by atoms with Gasteiger partial charge in [-0.1, -0.05) is 6.07 Å². The average molecular weight is 302 g/mol. The Morgan fingerprint density at radius 2 is 2.32 bits per heavy atom. The van der Waals surface area contributed by atoms with Crippen molar-refractivity contribution in [1.29, 1.82) is 0 Å². The second kappa shape index (κ2) is 5.96. The number of hydrogen-bond donors (Lipinski definition) is 2. The molecule has 1 aromatic heterocycles. The summed E-state index contributed by atoms with van der Waals surface area (Å²) in [6.07, 6.45) is 0. The van der Waals surface area contributed by atoms with Crippen LogP contribution in [0.2, 0.25) is 0 Å². The normalized spacial score (nSPS) is 17.5. The molecule has 0 saturated heterocycles. The fourth-order valence-corrected chi connectivity index (χ4v) is 2.80. The summed E-state index contributed by atoms with van der Waals surface area (Å²) < 4.78 is 7.82. The highest BCUT2D eigenvalue weighted by molar-refractivity contribution is 5.77. The first-order chi connectivity index (χ1) is 10.5. The molecule has 2 aromatic rings. The van der Waals surface area contributed by atoms with E-state index in [1.54, 1.807) is 0 Å². The molecule has 1 atom stereocenters. The smallest absolute Gasteiger partial charge is 0.315 e. The fraction of sp³-hybridized carbons (Fsp3) is 0.500. The zero-order chi connectivity index (χ0) is 15.7. The topological polar surface area (TPSA) is 68.2 Å². The van der Waals surface area contributed by atoms with E-state index in [2.05, 4.69) is 39.2 Å². The minimum atomic E-state index is -0.150. The van der Waals surface area contributed by atoms with Crippen molar-refractivity contribution in [2.75, 3.05) is 13.2 Å². The molecule has 0 aliphatic carbocycles. The Morgan fingerprint density at radius 1 is 1.50 bits per heavy atom. The first-order valence-corrected chi connectivity index (χ1v) is 7.64. The molecule has 0 fully saturated rings. The van der Waals surface area contributed by atoms with E-state index < -0.39 is 0 Å². The number of urea groups is 1. The van der Waals surface area contributed by atoms with Crippen molar-refractivity contribution in [1.82, 2.24) is 20.2 Å². The van der Waals surface area contributed by atoms with E-state index in [0.717, 1.165) is 16.9 Å². The van der Waals surface area contributed by atoms with Gasteiger partial charge in [-0.25, -0.2) is 9.78 Å². The van der Waals surface area contributed by atoms with E-state index in [1.807, 2.05) is 19.9 Å². The van der Waals surface area contributed by atoms with E-state index in [0.29, 0.717) is 19.8 Å². The van der Waals surface area contributed by atoms with Gasteiger partial charge in [0.05, 0.1) is 23.7 Å². The molecule has 1 aliphatic heterocycles. The van der Waals surface area contributed by atoms with E-state index >= 15 is 0 Å². The molecule has 2 amide bonds. The average Bonchev–Trinajstić information content (AvgIpc) is 2.82. The summed E-state index contributed by atoms with van der Waals surface area (Å²) in [7, 11) is 0. The highest BCUT2D eigenvalue weighted by Gasteiger charge is 2.24. The molecular weight excluding hydrogens is 280 g/mol. The van der Waals surface area contributed by atoms with Crippen molar-refractivity contribution in [3.8, 4) is 0 Å². The number of ether oxygens (including phenoxy) is 1. The lowest BCUT2D eigenvalue weighted by Crippen LogP contribution is -2.43. The highest BCUT2D eigenvalue weighted by Crippen LogP contribution is 2.26. The van der Waals surface area contributed by atoms with Gasteiger partial charge < -0.3 is 19.9 Å². The van der Waals surface area contributed by atoms with Crippen molar-refractivity contribution in [2.45, 2.75) is 39.5 Å². The number of aryl methyl sites for hydroxylation is 1. The quantitative estimate of drug-likeness (QED) is 0.912. The Balaban J connectivity index is 1.83. The highest BCUT2D eigenvalue weighted by atomic mass is 16.5. The fourth-order valence-electron chi connectivity index (χ4n) is 2.80. The van der Waals surface area contributed by atoms with E-state index in [4.69, 9.17) is 4.74 Å². The maximum atomic E-state index is 11.8. The molecule has 22 heavy (non-hydrogen) atoms. The van der Waals surface area contributed by atoms with Gasteiger partial charge in [0.1, 0.15) is 12.4 Å². The van der Waals surface area contributed by atoms with Gasteiger partial charge in [-0.15, -0.1) is 0 Å². The number of carbonyl (C=O) groups is 1. The maximum Gasteiger partial charge on any atom is 0.315 e. The minimum absolute atomic E-state index is 0.0634. The number of nitrogens with one attached hydrogen (secondary N) is 2. The number of aromatic nitrogens is 2. The van der Waals surface area contributed by atoms with Crippen LogP contribution >= 0.6 is 0 Å². The number of carbonyl (C=O) groups excluding carboxylic acids is 1. The van der Waals surface area contributed by atoms with Crippen molar-refractivity contribution in [3.05, 3.63) is 29.6 Å². The molecule has 0 unspecified atom stereocenters. The Hall–Kier alpha value is -2.08. The second-order valence-electron chi connectivity index (χ2n) is 6.07. The Kier molecular flexibility index (Phi) is 4.02. The van der Waals surface area contributed by atoms with Crippen LogP contribution in [-0.4, -0.2) is 34.8 Å². The monoisotopic (exact) mass is 302 g/mol. The van der Waals surface area contributed by atoms with Crippen LogP contribution in [0.4, 0.5) is 4.79 Å². The molecule has 2 heterocycles. The lowest BCUT2D eigenvalue weighted by Gasteiger charge is -2.26. The van der Waals surface area contributed by atoms with Gasteiger partial charge >= 0.3 is 6.03 Å². The molecule has 6 nitrogen and oxygen atoms in total. The number of rotatable bonds is 3. The van der Waals surface area contributed by atoms with Crippen LogP contribution < -0.4 is 10.6 Å². The predicted molar refractivity (Wildman–Crippen MR) is 84.8 cm³/mol. The van der Waals surface area contributed by atoms with E-state index in [9.17, 15) is 4.79 Å². The number of nitrogens with zero attached hydrogens (tertiary/aromatic N) is 2. The molecule has 0 spiro atoms. The van der Waals surface area contributed by atoms with Crippen molar-refractivity contribution in [3.63, 3.8) is 0 Å². The van der Waals surface area contributed by atoms with Crippen LogP contribution in [0.25, 0.3) is 11.0 Å². The largest absolute Gasteiger partial charge is 0.371 e. The first kappa shape index (κ1) is 14.8. The summed E-state index contributed by atoms with van der Waals surface area (Å²) >= 11 is 0. The number of benzene rings is 1. The van der Waals surface area contributed by atoms with Gasteiger partial charge in [0.25, 0.3) is 0 Å². The molecule has 118 valence electrons. The van der Waals surface area contributed by atoms with Crippen molar-refractivity contribution < 1.29 is 9.53 Å². The molecular formula is C16H22N4O2. The van der Waals surface area contributed by atoms with Crippen LogP contribution in [0.3, 0.4) is 0 Å². The summed E-state index contributed by atoms with van der Waals surface area (Å²) in [5, 5.41) is 5.75. The van der Waals surface area contributed by atoms with Crippen LogP contribution in [0.15, 0.2) is 18.2 Å². The maximum absolute atomic E-state index is 11.8. The zero-order valence-electron chi connectivity index (χ0n) is 13.2. The second-order valence-corrected chi connectivity index (χ2v) is 6.07. The zero-order valence-corrected chi connectivity index (χ0v) is 13.2. The Labute approximate surface area is 129 Å².